The first-order valence-electron chi connectivity index (χ1n) is 6.62. The minimum absolute atomic E-state index is 0.0250. The normalized spacial score (nSPS) is 23.3. The number of aromatic nitrogens is 2. The first-order chi connectivity index (χ1) is 9.17. The Bertz CT molecular complexity index is 416. The maximum Gasteiger partial charge on any atom is 0.277 e. The minimum Gasteiger partial charge on any atom is -0.415 e. The van der Waals surface area contributed by atoms with Crippen LogP contribution >= 0.6 is 11.8 Å². The fourth-order valence-electron chi connectivity index (χ4n) is 2.18. The van der Waals surface area contributed by atoms with Gasteiger partial charge >= 0.3 is 0 Å². The van der Waals surface area contributed by atoms with E-state index < -0.39 is 0 Å². The molecule has 106 valence electrons. The number of nitrogens with two attached hydrogens (primary N) is 1. The quantitative estimate of drug-likeness (QED) is 0.792. The van der Waals surface area contributed by atoms with Crippen LogP contribution in [0.2, 0.25) is 0 Å². The lowest BCUT2D eigenvalue weighted by atomic mass is 9.87. The van der Waals surface area contributed by atoms with E-state index in [1.807, 2.05) is 0 Å². The van der Waals surface area contributed by atoms with Crippen molar-refractivity contribution in [1.82, 2.24) is 15.5 Å². The molecule has 0 unspecified atom stereocenters. The van der Waals surface area contributed by atoms with Crippen molar-refractivity contribution in [2.24, 2.45) is 11.7 Å². The Balaban J connectivity index is 1.69. The van der Waals surface area contributed by atoms with Gasteiger partial charge in [0.05, 0.1) is 12.3 Å². The standard InChI is InChI=1S/C12H20N4O2S/c1-8-2-4-9(5-3-8)14-10(17)7-19-12-16-15-11(6-13)18-12/h8-9H,2-7,13H2,1H3,(H,14,17). The summed E-state index contributed by atoms with van der Waals surface area (Å²) in [5, 5.41) is 11.0. The number of carbonyl (C=O) groups excluding carboxylic acids is 1. The molecule has 1 aliphatic rings. The summed E-state index contributed by atoms with van der Waals surface area (Å²) in [7, 11) is 0. The number of thioether (sulfide) groups is 1. The zero-order valence-electron chi connectivity index (χ0n) is 11.1. The highest BCUT2D eigenvalue weighted by atomic mass is 32.2. The van der Waals surface area contributed by atoms with Gasteiger partial charge in [-0.3, -0.25) is 4.79 Å². The lowest BCUT2D eigenvalue weighted by Crippen LogP contribution is -2.38. The van der Waals surface area contributed by atoms with E-state index in [0.717, 1.165) is 18.8 Å². The summed E-state index contributed by atoms with van der Waals surface area (Å²) >= 11 is 1.25. The van der Waals surface area contributed by atoms with E-state index in [1.54, 1.807) is 0 Å². The third kappa shape index (κ3) is 4.50. The Labute approximate surface area is 116 Å². The van der Waals surface area contributed by atoms with Gasteiger partial charge in [0.1, 0.15) is 0 Å². The lowest BCUT2D eigenvalue weighted by molar-refractivity contribution is -0.119. The van der Waals surface area contributed by atoms with E-state index in [1.165, 1.54) is 24.6 Å². The summed E-state index contributed by atoms with van der Waals surface area (Å²) in [5.74, 6) is 1.51. The van der Waals surface area contributed by atoms with Crippen LogP contribution in [0.3, 0.4) is 0 Å². The monoisotopic (exact) mass is 284 g/mol. The summed E-state index contributed by atoms with van der Waals surface area (Å²) in [5.41, 5.74) is 5.37. The predicted octanol–water partition coefficient (Wildman–Crippen LogP) is 1.32. The van der Waals surface area contributed by atoms with E-state index in [0.29, 0.717) is 22.9 Å². The summed E-state index contributed by atoms with van der Waals surface area (Å²) < 4.78 is 5.22. The number of amides is 1. The van der Waals surface area contributed by atoms with Crippen LogP contribution < -0.4 is 11.1 Å². The summed E-state index contributed by atoms with van der Waals surface area (Å²) in [4.78, 5) is 11.8. The topological polar surface area (TPSA) is 94.0 Å². The molecule has 1 saturated carbocycles. The van der Waals surface area contributed by atoms with Crippen LogP contribution in [0.4, 0.5) is 0 Å². The van der Waals surface area contributed by atoms with Crippen LogP contribution in [0.15, 0.2) is 9.64 Å². The largest absolute Gasteiger partial charge is 0.415 e. The zero-order chi connectivity index (χ0) is 13.7. The Kier molecular flexibility index (Phi) is 5.21. The van der Waals surface area contributed by atoms with E-state index in [2.05, 4.69) is 22.4 Å². The summed E-state index contributed by atoms with van der Waals surface area (Å²) in [6.45, 7) is 2.48. The van der Waals surface area contributed by atoms with Crippen molar-refractivity contribution in [3.63, 3.8) is 0 Å². The van der Waals surface area contributed by atoms with Crippen molar-refractivity contribution in [2.45, 2.75) is 50.4 Å². The van der Waals surface area contributed by atoms with Crippen LogP contribution in [-0.4, -0.2) is 27.9 Å². The second-order valence-corrected chi connectivity index (χ2v) is 5.91. The third-order valence-corrected chi connectivity index (χ3v) is 4.15. The second kappa shape index (κ2) is 6.91. The SMILES string of the molecule is CC1CCC(NC(=O)CSc2nnc(CN)o2)CC1. The van der Waals surface area contributed by atoms with Gasteiger partial charge in [-0.05, 0) is 31.6 Å². The molecule has 0 radical (unpaired) electrons. The van der Waals surface area contributed by atoms with Gasteiger partial charge in [-0.1, -0.05) is 18.7 Å². The van der Waals surface area contributed by atoms with Crippen LogP contribution in [0.5, 0.6) is 0 Å². The van der Waals surface area contributed by atoms with Gasteiger partial charge in [0, 0.05) is 6.04 Å². The van der Waals surface area contributed by atoms with Crippen molar-refractivity contribution in [1.29, 1.82) is 0 Å². The summed E-state index contributed by atoms with van der Waals surface area (Å²) in [6.07, 6.45) is 4.55. The molecule has 0 aliphatic heterocycles. The molecule has 0 atom stereocenters. The second-order valence-electron chi connectivity index (χ2n) is 4.98. The number of hydrogen-bond acceptors (Lipinski definition) is 6. The van der Waals surface area contributed by atoms with Crippen molar-refractivity contribution < 1.29 is 9.21 Å². The van der Waals surface area contributed by atoms with Gasteiger partial charge in [0.15, 0.2) is 0 Å². The van der Waals surface area contributed by atoms with E-state index in [4.69, 9.17) is 10.2 Å². The molecule has 19 heavy (non-hydrogen) atoms. The Hall–Kier alpha value is -1.08. The molecule has 3 N–H and O–H groups in total. The molecule has 1 amide bonds. The first kappa shape index (κ1) is 14.3. The molecule has 0 spiro atoms. The fraction of sp³-hybridized carbons (Fsp3) is 0.750. The van der Waals surface area contributed by atoms with E-state index in [-0.39, 0.29) is 12.5 Å². The van der Waals surface area contributed by atoms with Crippen LogP contribution in [0.1, 0.15) is 38.5 Å². The van der Waals surface area contributed by atoms with Gasteiger partial charge in [0.25, 0.3) is 5.22 Å². The first-order valence-corrected chi connectivity index (χ1v) is 7.60. The minimum atomic E-state index is 0.0250. The molecule has 6 nitrogen and oxygen atoms in total. The average molecular weight is 284 g/mol. The fourth-order valence-corrected chi connectivity index (χ4v) is 2.77. The van der Waals surface area contributed by atoms with Crippen molar-refractivity contribution in [3.05, 3.63) is 5.89 Å². The highest BCUT2D eigenvalue weighted by Crippen LogP contribution is 2.23. The van der Waals surface area contributed by atoms with Crippen LogP contribution in [-0.2, 0) is 11.3 Å². The number of nitrogens with zero attached hydrogens (tertiary/aromatic N) is 2. The van der Waals surface area contributed by atoms with Crippen LogP contribution in [0.25, 0.3) is 0 Å². The molecule has 1 fully saturated rings. The van der Waals surface area contributed by atoms with E-state index in [9.17, 15) is 4.79 Å². The molecule has 1 aromatic heterocycles. The number of rotatable bonds is 5. The van der Waals surface area contributed by atoms with Gasteiger partial charge < -0.3 is 15.5 Å². The predicted molar refractivity (Wildman–Crippen MR) is 72.5 cm³/mol. The molecule has 0 aromatic carbocycles. The average Bonchev–Trinajstić information content (AvgIpc) is 2.87. The molecule has 1 heterocycles. The van der Waals surface area contributed by atoms with Crippen molar-refractivity contribution in [2.75, 3.05) is 5.75 Å². The highest BCUT2D eigenvalue weighted by molar-refractivity contribution is 7.99. The lowest BCUT2D eigenvalue weighted by Gasteiger charge is -2.26. The number of carbonyl (C=O) groups is 1. The Morgan fingerprint density at radius 2 is 2.16 bits per heavy atom. The maximum absolute atomic E-state index is 11.8. The van der Waals surface area contributed by atoms with Crippen LogP contribution in [0, 0.1) is 5.92 Å². The summed E-state index contributed by atoms with van der Waals surface area (Å²) in [6, 6.07) is 0.326. The highest BCUT2D eigenvalue weighted by Gasteiger charge is 2.20. The molecule has 2 rings (SSSR count). The molecule has 0 bridgehead atoms. The molecule has 7 heteroatoms. The van der Waals surface area contributed by atoms with Crippen molar-refractivity contribution >= 4 is 17.7 Å². The number of nitrogens with one attached hydrogen (secondary N) is 1. The third-order valence-electron chi connectivity index (χ3n) is 3.33. The van der Waals surface area contributed by atoms with Crippen molar-refractivity contribution in [3.8, 4) is 0 Å². The molecule has 1 aromatic rings. The van der Waals surface area contributed by atoms with Gasteiger partial charge in [-0.15, -0.1) is 10.2 Å². The molecular weight excluding hydrogens is 264 g/mol. The molecular formula is C12H20N4O2S. The van der Waals surface area contributed by atoms with E-state index >= 15 is 0 Å². The number of hydrogen-bond donors (Lipinski definition) is 2. The maximum atomic E-state index is 11.8. The molecule has 1 aliphatic carbocycles. The Morgan fingerprint density at radius 1 is 1.42 bits per heavy atom. The van der Waals surface area contributed by atoms with Gasteiger partial charge in [-0.2, -0.15) is 0 Å². The molecule has 0 saturated heterocycles. The Morgan fingerprint density at radius 3 is 2.79 bits per heavy atom. The zero-order valence-corrected chi connectivity index (χ0v) is 11.9. The van der Waals surface area contributed by atoms with Gasteiger partial charge in [0.2, 0.25) is 11.8 Å². The van der Waals surface area contributed by atoms with Gasteiger partial charge in [-0.25, -0.2) is 0 Å². The smallest absolute Gasteiger partial charge is 0.277 e.